The molecule has 1 fully saturated rings. The lowest BCUT2D eigenvalue weighted by Crippen LogP contribution is -2.27. The van der Waals surface area contributed by atoms with Gasteiger partial charge in [-0.1, -0.05) is 0 Å². The molecule has 0 saturated carbocycles. The lowest BCUT2D eigenvalue weighted by atomic mass is 10.1. The summed E-state index contributed by atoms with van der Waals surface area (Å²) in [4.78, 5) is 11.2. The van der Waals surface area contributed by atoms with Crippen LogP contribution in [0.25, 0.3) is 0 Å². The second kappa shape index (κ2) is 7.03. The Morgan fingerprint density at radius 2 is 2.37 bits per heavy atom. The molecule has 0 spiro atoms. The summed E-state index contributed by atoms with van der Waals surface area (Å²) in [7, 11) is 0. The zero-order chi connectivity index (χ0) is 13.7. The van der Waals surface area contributed by atoms with Crippen LogP contribution < -0.4 is 0 Å². The second-order valence-electron chi connectivity index (χ2n) is 5.10. The van der Waals surface area contributed by atoms with Crippen LogP contribution in [0.3, 0.4) is 0 Å². The topological polar surface area (TPSA) is 65.0 Å². The van der Waals surface area contributed by atoms with Crippen molar-refractivity contribution in [2.75, 3.05) is 13.2 Å². The molecular weight excluding hydrogens is 248 g/mol. The highest BCUT2D eigenvalue weighted by molar-refractivity contribution is 5.90. The minimum absolute atomic E-state index is 0.0858. The molecule has 0 amide bonds. The van der Waals surface area contributed by atoms with Crippen molar-refractivity contribution < 1.29 is 24.1 Å². The Bertz CT molecular complexity index is 333. The highest BCUT2D eigenvalue weighted by atomic mass is 16.7. The third kappa shape index (κ3) is 4.30. The van der Waals surface area contributed by atoms with E-state index in [0.717, 1.165) is 32.3 Å². The Hall–Kier alpha value is -0.910. The summed E-state index contributed by atoms with van der Waals surface area (Å²) in [6, 6.07) is 0. The minimum atomic E-state index is -0.655. The largest absolute Gasteiger partial charge is 0.452 e. The summed E-state index contributed by atoms with van der Waals surface area (Å²) in [5.74, 6) is -0.337. The van der Waals surface area contributed by atoms with Gasteiger partial charge in [0.15, 0.2) is 6.29 Å². The Labute approximate surface area is 113 Å². The van der Waals surface area contributed by atoms with E-state index in [1.165, 1.54) is 0 Å². The van der Waals surface area contributed by atoms with Gasteiger partial charge in [-0.25, -0.2) is 4.79 Å². The molecule has 0 bridgehead atoms. The van der Waals surface area contributed by atoms with Gasteiger partial charge in [0.05, 0.1) is 6.10 Å². The number of rotatable bonds is 6. The quantitative estimate of drug-likeness (QED) is 0.586. The maximum absolute atomic E-state index is 11.2. The summed E-state index contributed by atoms with van der Waals surface area (Å²) >= 11 is 0. The lowest BCUT2D eigenvalue weighted by molar-refractivity contribution is -0.163. The fraction of sp³-hybridized carbons (Fsp3) is 0.786. The smallest absolute Gasteiger partial charge is 0.334 e. The summed E-state index contributed by atoms with van der Waals surface area (Å²) in [6.07, 6.45) is 4.92. The molecule has 5 heteroatoms. The number of esters is 1. The van der Waals surface area contributed by atoms with Gasteiger partial charge in [0.25, 0.3) is 0 Å². The van der Waals surface area contributed by atoms with E-state index >= 15 is 0 Å². The molecule has 3 unspecified atom stereocenters. The SMILES string of the molecule is CC1=CC(C(O)CCCOC2CCCCO2)OC1=O. The zero-order valence-electron chi connectivity index (χ0n) is 11.3. The molecule has 0 aromatic heterocycles. The van der Waals surface area contributed by atoms with E-state index < -0.39 is 12.2 Å². The van der Waals surface area contributed by atoms with Crippen LogP contribution in [-0.4, -0.2) is 42.8 Å². The molecule has 2 aliphatic rings. The van der Waals surface area contributed by atoms with Gasteiger partial charge in [-0.2, -0.15) is 0 Å². The minimum Gasteiger partial charge on any atom is -0.452 e. The fourth-order valence-corrected chi connectivity index (χ4v) is 2.27. The Morgan fingerprint density at radius 1 is 1.53 bits per heavy atom. The van der Waals surface area contributed by atoms with Gasteiger partial charge in [0.1, 0.15) is 6.10 Å². The molecule has 0 aromatic rings. The molecule has 0 radical (unpaired) electrons. The van der Waals surface area contributed by atoms with E-state index in [2.05, 4.69) is 0 Å². The Balaban J connectivity index is 1.59. The molecule has 2 rings (SSSR count). The summed E-state index contributed by atoms with van der Waals surface area (Å²) < 4.78 is 16.1. The maximum Gasteiger partial charge on any atom is 0.334 e. The van der Waals surface area contributed by atoms with E-state index in [1.807, 2.05) is 0 Å². The van der Waals surface area contributed by atoms with Crippen molar-refractivity contribution in [3.63, 3.8) is 0 Å². The van der Waals surface area contributed by atoms with Crippen LogP contribution in [0.5, 0.6) is 0 Å². The maximum atomic E-state index is 11.2. The molecule has 108 valence electrons. The molecule has 1 saturated heterocycles. The average molecular weight is 270 g/mol. The number of carbonyl (C=O) groups is 1. The van der Waals surface area contributed by atoms with Crippen molar-refractivity contribution in [1.29, 1.82) is 0 Å². The van der Waals surface area contributed by atoms with Gasteiger partial charge in [-0.15, -0.1) is 0 Å². The van der Waals surface area contributed by atoms with Gasteiger partial charge in [0, 0.05) is 18.8 Å². The first-order chi connectivity index (χ1) is 9.16. The summed E-state index contributed by atoms with van der Waals surface area (Å²) in [6.45, 7) is 3.03. The monoisotopic (exact) mass is 270 g/mol. The first kappa shape index (κ1) is 14.5. The van der Waals surface area contributed by atoms with E-state index in [4.69, 9.17) is 14.2 Å². The Morgan fingerprint density at radius 3 is 3.00 bits per heavy atom. The number of ether oxygens (including phenoxy) is 3. The predicted molar refractivity (Wildman–Crippen MR) is 68.4 cm³/mol. The van der Waals surface area contributed by atoms with Crippen LogP contribution in [0.2, 0.25) is 0 Å². The fourth-order valence-electron chi connectivity index (χ4n) is 2.27. The van der Waals surface area contributed by atoms with Crippen molar-refractivity contribution in [1.82, 2.24) is 0 Å². The molecular formula is C14H22O5. The highest BCUT2D eigenvalue weighted by Gasteiger charge is 2.28. The summed E-state index contributed by atoms with van der Waals surface area (Å²) in [5, 5.41) is 9.91. The van der Waals surface area contributed by atoms with Crippen molar-refractivity contribution >= 4 is 5.97 Å². The van der Waals surface area contributed by atoms with Gasteiger partial charge in [-0.05, 0) is 45.1 Å². The third-order valence-electron chi connectivity index (χ3n) is 3.44. The first-order valence-corrected chi connectivity index (χ1v) is 6.97. The van der Waals surface area contributed by atoms with E-state index in [9.17, 15) is 9.90 Å². The van der Waals surface area contributed by atoms with E-state index in [0.29, 0.717) is 18.6 Å². The number of hydrogen-bond acceptors (Lipinski definition) is 5. The number of cyclic esters (lactones) is 1. The molecule has 1 N–H and O–H groups in total. The van der Waals surface area contributed by atoms with E-state index in [-0.39, 0.29) is 12.3 Å². The molecule has 2 aliphatic heterocycles. The second-order valence-corrected chi connectivity index (χ2v) is 5.10. The standard InChI is InChI=1S/C14H22O5/c1-10-9-12(19-14(10)16)11(15)5-4-8-18-13-6-2-3-7-17-13/h9,11-13,15H,2-8H2,1H3. The van der Waals surface area contributed by atoms with Crippen molar-refractivity contribution in [2.45, 2.75) is 57.5 Å². The van der Waals surface area contributed by atoms with Gasteiger partial charge in [-0.3, -0.25) is 0 Å². The normalized spacial score (nSPS) is 28.9. The van der Waals surface area contributed by atoms with Crippen LogP contribution in [0.4, 0.5) is 0 Å². The van der Waals surface area contributed by atoms with Crippen molar-refractivity contribution in [3.05, 3.63) is 11.6 Å². The van der Waals surface area contributed by atoms with Gasteiger partial charge in [0.2, 0.25) is 0 Å². The van der Waals surface area contributed by atoms with Gasteiger partial charge < -0.3 is 19.3 Å². The van der Waals surface area contributed by atoms with Crippen molar-refractivity contribution in [3.8, 4) is 0 Å². The Kier molecular flexibility index (Phi) is 5.36. The molecule has 2 heterocycles. The average Bonchev–Trinajstić information content (AvgIpc) is 2.76. The van der Waals surface area contributed by atoms with E-state index in [1.54, 1.807) is 13.0 Å². The zero-order valence-corrected chi connectivity index (χ0v) is 11.3. The van der Waals surface area contributed by atoms with Crippen LogP contribution in [0.15, 0.2) is 11.6 Å². The number of carbonyl (C=O) groups excluding carboxylic acids is 1. The van der Waals surface area contributed by atoms with Crippen molar-refractivity contribution in [2.24, 2.45) is 0 Å². The molecule has 0 aromatic carbocycles. The number of aliphatic hydroxyl groups excluding tert-OH is 1. The van der Waals surface area contributed by atoms with Crippen LogP contribution in [-0.2, 0) is 19.0 Å². The number of aliphatic hydroxyl groups is 1. The van der Waals surface area contributed by atoms with Crippen LogP contribution >= 0.6 is 0 Å². The molecule has 19 heavy (non-hydrogen) atoms. The molecule has 0 aliphatic carbocycles. The van der Waals surface area contributed by atoms with Crippen LogP contribution in [0, 0.1) is 0 Å². The summed E-state index contributed by atoms with van der Waals surface area (Å²) in [5.41, 5.74) is 0.566. The molecule has 5 nitrogen and oxygen atoms in total. The number of hydrogen-bond donors (Lipinski definition) is 1. The highest BCUT2D eigenvalue weighted by Crippen LogP contribution is 2.19. The molecule has 3 atom stereocenters. The van der Waals surface area contributed by atoms with Gasteiger partial charge >= 0.3 is 5.97 Å². The van der Waals surface area contributed by atoms with Crippen LogP contribution in [0.1, 0.15) is 39.0 Å². The third-order valence-corrected chi connectivity index (χ3v) is 3.44. The predicted octanol–water partition coefficient (Wildman–Crippen LogP) is 1.54. The lowest BCUT2D eigenvalue weighted by Gasteiger charge is -2.23. The first-order valence-electron chi connectivity index (χ1n) is 6.97.